The van der Waals surface area contributed by atoms with Gasteiger partial charge in [-0.3, -0.25) is 9.59 Å². The lowest BCUT2D eigenvalue weighted by atomic mass is 9.73. The fraction of sp³-hybridized carbons (Fsp3) is 0.548. The number of nitrogens with zero attached hydrogens (tertiary/aromatic N) is 1. The molecule has 10 heteroatoms. The van der Waals surface area contributed by atoms with Crippen molar-refractivity contribution in [1.82, 2.24) is 4.90 Å². The minimum Gasteiger partial charge on any atom is -0.508 e. The van der Waals surface area contributed by atoms with Crippen LogP contribution in [0.1, 0.15) is 69.8 Å². The van der Waals surface area contributed by atoms with Crippen LogP contribution in [-0.2, 0) is 25.0 Å². The molecule has 1 heterocycles. The molecule has 2 aliphatic carbocycles. The molecular weight excluding hydrogens is 544 g/mol. The van der Waals surface area contributed by atoms with Crippen molar-refractivity contribution in [3.05, 3.63) is 54.1 Å². The highest BCUT2D eigenvalue weighted by molar-refractivity contribution is 7.93. The van der Waals surface area contributed by atoms with Crippen LogP contribution in [0.2, 0.25) is 0 Å². The van der Waals surface area contributed by atoms with Crippen LogP contribution in [0, 0.1) is 5.92 Å². The number of likely N-dealkylation sites (tertiary alicyclic amines) is 1. The first kappa shape index (κ1) is 29.5. The summed E-state index contributed by atoms with van der Waals surface area (Å²) >= 11 is 0. The number of aliphatic hydroxyl groups is 1. The number of Topliss-reactive ketones (excluding diaryl/α,β-unsaturated/α-hetero) is 1. The molecule has 0 aromatic heterocycles. The van der Waals surface area contributed by atoms with E-state index in [-0.39, 0.29) is 35.2 Å². The standard InChI is InChI=1S/C31H40N2O7S/c32-29(36)31(17-19-33(20-18-31)24-5-6-24)41(38,39)27-11-9-26(10-12-27)40-21-1-2-28(35)22-13-15-30(37,16-14-22)23-3-7-25(34)8-4-23/h3-4,7-12,22,24,34,37H,1-2,5-6,13-21H2,(H2,32,36). The minimum absolute atomic E-state index is 0.0586. The summed E-state index contributed by atoms with van der Waals surface area (Å²) in [7, 11) is -3.98. The molecule has 0 unspecified atom stereocenters. The predicted octanol–water partition coefficient (Wildman–Crippen LogP) is 3.45. The summed E-state index contributed by atoms with van der Waals surface area (Å²) in [5.74, 6) is -0.0796. The van der Waals surface area contributed by atoms with Crippen molar-refractivity contribution >= 4 is 21.5 Å². The number of phenolic OH excluding ortho intramolecular Hbond substituents is 1. The highest BCUT2D eigenvalue weighted by Gasteiger charge is 2.52. The quantitative estimate of drug-likeness (QED) is 0.340. The number of ether oxygens (including phenoxy) is 1. The Morgan fingerprint density at radius 2 is 1.54 bits per heavy atom. The Kier molecular flexibility index (Phi) is 8.46. The van der Waals surface area contributed by atoms with Gasteiger partial charge in [-0.05, 0) is 99.7 Å². The number of carbonyl (C=O) groups is 2. The second-order valence-electron chi connectivity index (χ2n) is 11.9. The highest BCUT2D eigenvalue weighted by Crippen LogP contribution is 2.41. The van der Waals surface area contributed by atoms with Gasteiger partial charge in [0.25, 0.3) is 0 Å². The molecule has 2 saturated carbocycles. The molecule has 3 aliphatic rings. The van der Waals surface area contributed by atoms with Gasteiger partial charge in [0, 0.05) is 31.5 Å². The fourth-order valence-electron chi connectivity index (χ4n) is 6.40. The third-order valence-corrected chi connectivity index (χ3v) is 11.8. The lowest BCUT2D eigenvalue weighted by Crippen LogP contribution is -2.57. The molecule has 3 fully saturated rings. The summed E-state index contributed by atoms with van der Waals surface area (Å²) < 4.78 is 31.3. The third-order valence-electron chi connectivity index (χ3n) is 9.28. The number of carbonyl (C=O) groups excluding carboxylic acids is 2. The van der Waals surface area contributed by atoms with Crippen molar-refractivity contribution in [2.24, 2.45) is 11.7 Å². The van der Waals surface area contributed by atoms with Gasteiger partial charge in [0.05, 0.1) is 17.1 Å². The molecule has 5 rings (SSSR count). The molecule has 0 radical (unpaired) electrons. The Morgan fingerprint density at radius 3 is 2.10 bits per heavy atom. The van der Waals surface area contributed by atoms with E-state index in [1.807, 2.05) is 0 Å². The number of nitrogens with two attached hydrogens (primary N) is 1. The molecule has 0 bridgehead atoms. The lowest BCUT2D eigenvalue weighted by molar-refractivity contribution is -0.126. The van der Waals surface area contributed by atoms with E-state index < -0.39 is 26.1 Å². The van der Waals surface area contributed by atoms with Gasteiger partial charge < -0.3 is 25.6 Å². The van der Waals surface area contributed by atoms with Gasteiger partial charge in [-0.25, -0.2) is 8.42 Å². The summed E-state index contributed by atoms with van der Waals surface area (Å²) in [5.41, 5.74) is 5.47. The van der Waals surface area contributed by atoms with Crippen LogP contribution in [0.15, 0.2) is 53.4 Å². The van der Waals surface area contributed by atoms with E-state index in [4.69, 9.17) is 10.5 Å². The Bertz CT molecular complexity index is 1340. The summed E-state index contributed by atoms with van der Waals surface area (Å²) in [6.45, 7) is 1.41. The molecule has 0 atom stereocenters. The predicted molar refractivity (Wildman–Crippen MR) is 153 cm³/mol. The van der Waals surface area contributed by atoms with Gasteiger partial charge in [0.1, 0.15) is 17.3 Å². The van der Waals surface area contributed by atoms with Crippen LogP contribution in [-0.4, -0.2) is 65.7 Å². The number of hydrogen-bond donors (Lipinski definition) is 3. The molecule has 1 amide bonds. The maximum Gasteiger partial charge on any atom is 0.239 e. The Morgan fingerprint density at radius 1 is 0.927 bits per heavy atom. The molecule has 1 aliphatic heterocycles. The molecule has 222 valence electrons. The van der Waals surface area contributed by atoms with Crippen molar-refractivity contribution < 1.29 is 33.0 Å². The van der Waals surface area contributed by atoms with E-state index in [1.54, 1.807) is 36.4 Å². The van der Waals surface area contributed by atoms with Crippen LogP contribution in [0.3, 0.4) is 0 Å². The Labute approximate surface area is 241 Å². The van der Waals surface area contributed by atoms with Crippen LogP contribution in [0.5, 0.6) is 11.5 Å². The zero-order valence-corrected chi connectivity index (χ0v) is 24.2. The first-order valence-electron chi connectivity index (χ1n) is 14.6. The molecule has 41 heavy (non-hydrogen) atoms. The Hall–Kier alpha value is -2.95. The lowest BCUT2D eigenvalue weighted by Gasteiger charge is -2.39. The van der Waals surface area contributed by atoms with Gasteiger partial charge in [-0.1, -0.05) is 12.1 Å². The number of sulfone groups is 1. The summed E-state index contributed by atoms with van der Waals surface area (Å²) in [6, 6.07) is 13.2. The van der Waals surface area contributed by atoms with Gasteiger partial charge >= 0.3 is 0 Å². The number of ketones is 1. The van der Waals surface area contributed by atoms with E-state index in [0.29, 0.717) is 70.0 Å². The van der Waals surface area contributed by atoms with Crippen molar-refractivity contribution in [3.8, 4) is 11.5 Å². The van der Waals surface area contributed by atoms with Crippen molar-refractivity contribution in [2.45, 2.75) is 85.5 Å². The Balaban J connectivity index is 1.09. The van der Waals surface area contributed by atoms with E-state index in [0.717, 1.165) is 18.4 Å². The number of benzene rings is 2. The fourth-order valence-corrected chi connectivity index (χ4v) is 8.33. The number of rotatable bonds is 11. The number of piperidine rings is 1. The van der Waals surface area contributed by atoms with Gasteiger partial charge in [0.2, 0.25) is 5.91 Å². The molecule has 9 nitrogen and oxygen atoms in total. The molecular formula is C31H40N2O7S. The maximum atomic E-state index is 13.6. The average Bonchev–Trinajstić information content (AvgIpc) is 3.82. The number of aromatic hydroxyl groups is 1. The van der Waals surface area contributed by atoms with Crippen LogP contribution < -0.4 is 10.5 Å². The topological polar surface area (TPSA) is 147 Å². The molecule has 2 aromatic carbocycles. The first-order valence-corrected chi connectivity index (χ1v) is 16.1. The van der Waals surface area contributed by atoms with Gasteiger partial charge in [0.15, 0.2) is 14.6 Å². The molecule has 1 saturated heterocycles. The zero-order valence-electron chi connectivity index (χ0n) is 23.3. The number of amides is 1. The molecule has 2 aromatic rings. The summed E-state index contributed by atoms with van der Waals surface area (Å²) in [4.78, 5) is 27.5. The van der Waals surface area contributed by atoms with E-state index in [2.05, 4.69) is 4.90 Å². The third kappa shape index (κ3) is 6.15. The summed E-state index contributed by atoms with van der Waals surface area (Å²) in [5, 5.41) is 20.5. The second kappa shape index (κ2) is 11.7. The number of primary amides is 1. The van der Waals surface area contributed by atoms with E-state index in [1.165, 1.54) is 12.1 Å². The van der Waals surface area contributed by atoms with Crippen molar-refractivity contribution in [1.29, 1.82) is 0 Å². The van der Waals surface area contributed by atoms with Crippen LogP contribution >= 0.6 is 0 Å². The SMILES string of the molecule is NC(=O)C1(S(=O)(=O)c2ccc(OCCCC(=O)C3CCC(O)(c4ccc(O)cc4)CC3)cc2)CCN(C2CC2)CC1. The molecule has 4 N–H and O–H groups in total. The van der Waals surface area contributed by atoms with Gasteiger partial charge in [-0.2, -0.15) is 0 Å². The normalized spacial score (nSPS) is 25.0. The zero-order chi connectivity index (χ0) is 29.3. The number of phenols is 1. The van der Waals surface area contributed by atoms with Crippen molar-refractivity contribution in [2.75, 3.05) is 19.7 Å². The maximum absolute atomic E-state index is 13.6. The first-order chi connectivity index (χ1) is 19.5. The second-order valence-corrected chi connectivity index (χ2v) is 14.1. The van der Waals surface area contributed by atoms with Crippen LogP contribution in [0.25, 0.3) is 0 Å². The summed E-state index contributed by atoms with van der Waals surface area (Å²) in [6.07, 6.45) is 5.75. The largest absolute Gasteiger partial charge is 0.508 e. The highest BCUT2D eigenvalue weighted by atomic mass is 32.2. The monoisotopic (exact) mass is 584 g/mol. The smallest absolute Gasteiger partial charge is 0.239 e. The van der Waals surface area contributed by atoms with Gasteiger partial charge in [-0.15, -0.1) is 0 Å². The minimum atomic E-state index is -3.98. The average molecular weight is 585 g/mol. The van der Waals surface area contributed by atoms with Crippen molar-refractivity contribution in [3.63, 3.8) is 0 Å². The van der Waals surface area contributed by atoms with E-state index >= 15 is 0 Å². The molecule has 0 spiro atoms. The van der Waals surface area contributed by atoms with E-state index in [9.17, 15) is 28.2 Å². The van der Waals surface area contributed by atoms with Crippen LogP contribution in [0.4, 0.5) is 0 Å². The number of hydrogen-bond acceptors (Lipinski definition) is 8.